The fourth-order valence-electron chi connectivity index (χ4n) is 1.82. The van der Waals surface area contributed by atoms with E-state index in [1.807, 2.05) is 0 Å². The molecule has 0 amide bonds. The molecule has 0 saturated carbocycles. The van der Waals surface area contributed by atoms with Crippen molar-refractivity contribution in [2.75, 3.05) is 31.1 Å². The van der Waals surface area contributed by atoms with E-state index in [1.165, 1.54) is 0 Å². The highest BCUT2D eigenvalue weighted by atomic mass is 32.2. The minimum Gasteiger partial charge on any atom is -0.302 e. The van der Waals surface area contributed by atoms with E-state index in [4.69, 9.17) is 0 Å². The van der Waals surface area contributed by atoms with Crippen LogP contribution >= 0.6 is 0 Å². The Morgan fingerprint density at radius 1 is 1.14 bits per heavy atom. The summed E-state index contributed by atoms with van der Waals surface area (Å²) in [6, 6.07) is 0. The lowest BCUT2D eigenvalue weighted by molar-refractivity contribution is 0.203. The Morgan fingerprint density at radius 2 is 1.79 bits per heavy atom. The molecule has 0 N–H and O–H groups in total. The van der Waals surface area contributed by atoms with Crippen molar-refractivity contribution in [1.82, 2.24) is 4.90 Å². The monoisotopic (exact) mass is 219 g/mol. The fraction of sp³-hybridized carbons (Fsp3) is 1.00. The molecule has 1 rings (SSSR count). The second-order valence-corrected chi connectivity index (χ2v) is 7.65. The van der Waals surface area contributed by atoms with E-state index < -0.39 is 9.84 Å². The zero-order chi connectivity index (χ0) is 10.8. The van der Waals surface area contributed by atoms with E-state index >= 15 is 0 Å². The summed E-state index contributed by atoms with van der Waals surface area (Å²) in [7, 11) is -2.75. The number of hydrogen-bond donors (Lipinski definition) is 0. The zero-order valence-electron chi connectivity index (χ0n) is 9.41. The van der Waals surface area contributed by atoms with Crippen LogP contribution in [0.15, 0.2) is 0 Å². The number of nitrogens with zero attached hydrogens (tertiary/aromatic N) is 1. The summed E-state index contributed by atoms with van der Waals surface area (Å²) in [5.41, 5.74) is 0.258. The van der Waals surface area contributed by atoms with Crippen molar-refractivity contribution in [3.8, 4) is 0 Å². The molecule has 3 nitrogen and oxygen atoms in total. The lowest BCUT2D eigenvalue weighted by atomic mass is 9.96. The van der Waals surface area contributed by atoms with E-state index in [-0.39, 0.29) is 5.41 Å². The van der Waals surface area contributed by atoms with Crippen LogP contribution in [0.1, 0.15) is 27.2 Å². The van der Waals surface area contributed by atoms with Crippen LogP contribution < -0.4 is 0 Å². The summed E-state index contributed by atoms with van der Waals surface area (Å²) < 4.78 is 22.7. The second-order valence-electron chi connectivity index (χ2n) is 5.34. The van der Waals surface area contributed by atoms with E-state index in [2.05, 4.69) is 25.7 Å². The topological polar surface area (TPSA) is 37.4 Å². The van der Waals surface area contributed by atoms with Gasteiger partial charge in [0, 0.05) is 13.1 Å². The number of rotatable bonds is 1. The molecule has 84 valence electrons. The smallest absolute Gasteiger partial charge is 0.151 e. The highest BCUT2D eigenvalue weighted by Crippen LogP contribution is 2.16. The molecular weight excluding hydrogens is 198 g/mol. The van der Waals surface area contributed by atoms with Crippen molar-refractivity contribution in [2.24, 2.45) is 5.41 Å². The highest BCUT2D eigenvalue weighted by molar-refractivity contribution is 7.91. The molecule has 0 aromatic carbocycles. The van der Waals surface area contributed by atoms with E-state index in [0.717, 1.165) is 19.5 Å². The van der Waals surface area contributed by atoms with E-state index in [1.54, 1.807) is 0 Å². The number of hydrogen-bond acceptors (Lipinski definition) is 3. The maximum atomic E-state index is 11.4. The van der Waals surface area contributed by atoms with E-state index in [9.17, 15) is 8.42 Å². The van der Waals surface area contributed by atoms with Crippen molar-refractivity contribution in [3.05, 3.63) is 0 Å². The van der Waals surface area contributed by atoms with Gasteiger partial charge in [-0.05, 0) is 18.4 Å². The molecule has 1 fully saturated rings. The van der Waals surface area contributed by atoms with Gasteiger partial charge in [0.05, 0.1) is 11.5 Å². The van der Waals surface area contributed by atoms with Gasteiger partial charge >= 0.3 is 0 Å². The molecule has 0 radical (unpaired) electrons. The molecule has 1 saturated heterocycles. The molecule has 0 atom stereocenters. The van der Waals surface area contributed by atoms with Crippen molar-refractivity contribution in [3.63, 3.8) is 0 Å². The van der Waals surface area contributed by atoms with Gasteiger partial charge < -0.3 is 4.90 Å². The minimum absolute atomic E-state index is 0.258. The zero-order valence-corrected chi connectivity index (χ0v) is 10.2. The Balaban J connectivity index is 2.51. The SMILES string of the molecule is CC(C)(C)CN1CCCS(=O)(=O)CC1. The third kappa shape index (κ3) is 4.42. The highest BCUT2D eigenvalue weighted by Gasteiger charge is 2.22. The third-order valence-electron chi connectivity index (χ3n) is 2.35. The van der Waals surface area contributed by atoms with Gasteiger partial charge in [-0.1, -0.05) is 20.8 Å². The van der Waals surface area contributed by atoms with Crippen molar-refractivity contribution in [1.29, 1.82) is 0 Å². The van der Waals surface area contributed by atoms with Gasteiger partial charge in [0.15, 0.2) is 9.84 Å². The van der Waals surface area contributed by atoms with Gasteiger partial charge in [0.1, 0.15) is 0 Å². The van der Waals surface area contributed by atoms with Crippen molar-refractivity contribution >= 4 is 9.84 Å². The molecule has 0 unspecified atom stereocenters. The Morgan fingerprint density at radius 3 is 2.36 bits per heavy atom. The van der Waals surface area contributed by atoms with Crippen LogP contribution in [-0.4, -0.2) is 44.5 Å². The third-order valence-corrected chi connectivity index (χ3v) is 4.06. The normalized spacial score (nSPS) is 24.5. The van der Waals surface area contributed by atoms with Crippen LogP contribution in [0.25, 0.3) is 0 Å². The largest absolute Gasteiger partial charge is 0.302 e. The van der Waals surface area contributed by atoms with Gasteiger partial charge in [0.25, 0.3) is 0 Å². The predicted octanol–water partition coefficient (Wildman–Crippen LogP) is 1.15. The first-order chi connectivity index (χ1) is 6.29. The lowest BCUT2D eigenvalue weighted by Gasteiger charge is -2.28. The average Bonchev–Trinajstić information content (AvgIpc) is 2.10. The summed E-state index contributed by atoms with van der Waals surface area (Å²) >= 11 is 0. The molecule has 0 aromatic heterocycles. The van der Waals surface area contributed by atoms with Crippen LogP contribution in [0.5, 0.6) is 0 Å². The van der Waals surface area contributed by atoms with Crippen molar-refractivity contribution in [2.45, 2.75) is 27.2 Å². The van der Waals surface area contributed by atoms with Crippen LogP contribution in [-0.2, 0) is 9.84 Å². The summed E-state index contributed by atoms with van der Waals surface area (Å²) in [4.78, 5) is 2.27. The van der Waals surface area contributed by atoms with Crippen LogP contribution in [0, 0.1) is 5.41 Å². The summed E-state index contributed by atoms with van der Waals surface area (Å²) in [5.74, 6) is 0.705. The molecule has 0 aromatic rings. The fourth-order valence-corrected chi connectivity index (χ4v) is 3.13. The van der Waals surface area contributed by atoms with Crippen LogP contribution in [0.4, 0.5) is 0 Å². The first-order valence-electron chi connectivity index (χ1n) is 5.21. The van der Waals surface area contributed by atoms with Gasteiger partial charge in [-0.15, -0.1) is 0 Å². The van der Waals surface area contributed by atoms with Gasteiger partial charge in [-0.3, -0.25) is 0 Å². The predicted molar refractivity (Wildman–Crippen MR) is 59.2 cm³/mol. The summed E-state index contributed by atoms with van der Waals surface area (Å²) in [5, 5.41) is 0. The molecule has 4 heteroatoms. The maximum absolute atomic E-state index is 11.4. The van der Waals surface area contributed by atoms with Gasteiger partial charge in [-0.2, -0.15) is 0 Å². The number of sulfone groups is 1. The second kappa shape index (κ2) is 4.19. The summed E-state index contributed by atoms with van der Waals surface area (Å²) in [6.07, 6.45) is 0.790. The molecule has 14 heavy (non-hydrogen) atoms. The molecular formula is C10H21NO2S. The van der Waals surface area contributed by atoms with Crippen LogP contribution in [0.2, 0.25) is 0 Å². The molecule has 0 aliphatic carbocycles. The van der Waals surface area contributed by atoms with Crippen molar-refractivity contribution < 1.29 is 8.42 Å². The lowest BCUT2D eigenvalue weighted by Crippen LogP contribution is -2.34. The first-order valence-corrected chi connectivity index (χ1v) is 7.03. The molecule has 0 bridgehead atoms. The molecule has 0 spiro atoms. The van der Waals surface area contributed by atoms with Crippen LogP contribution in [0.3, 0.4) is 0 Å². The summed E-state index contributed by atoms with van der Waals surface area (Å²) in [6.45, 7) is 9.18. The quantitative estimate of drug-likeness (QED) is 0.664. The average molecular weight is 219 g/mol. The molecule has 1 heterocycles. The molecule has 1 aliphatic heterocycles. The Hall–Kier alpha value is -0.0900. The Kier molecular flexibility index (Phi) is 3.58. The standard InChI is InChI=1S/C10H21NO2S/c1-10(2,3)9-11-5-4-7-14(12,13)8-6-11/h4-9H2,1-3H3. The Bertz CT molecular complexity index is 277. The van der Waals surface area contributed by atoms with Gasteiger partial charge in [0.2, 0.25) is 0 Å². The first kappa shape index (κ1) is 12.0. The van der Waals surface area contributed by atoms with E-state index in [0.29, 0.717) is 18.1 Å². The van der Waals surface area contributed by atoms with Gasteiger partial charge in [-0.25, -0.2) is 8.42 Å². The maximum Gasteiger partial charge on any atom is 0.151 e. The molecule has 1 aliphatic rings. The minimum atomic E-state index is -2.75. The Labute approximate surface area is 87.4 Å².